The molecule has 0 aliphatic carbocycles. The lowest BCUT2D eigenvalue weighted by atomic mass is 9.87. The van der Waals surface area contributed by atoms with Gasteiger partial charge in [0.1, 0.15) is 0 Å². The molecule has 0 saturated carbocycles. The lowest BCUT2D eigenvalue weighted by Crippen LogP contribution is -2.10. The number of hydrogen-bond donors (Lipinski definition) is 1. The van der Waals surface area contributed by atoms with Gasteiger partial charge in [-0.15, -0.1) is 0 Å². The summed E-state index contributed by atoms with van der Waals surface area (Å²) in [6, 6.07) is 16.9. The molecule has 0 radical (unpaired) electrons. The standard InChI is InChI=1S/C25H33N3/c1-24(2,3)21-11-7-19(8-12-21)15-27-17-23(26)18-28-16-20-9-13-22(14-10-20)25(4,5)6/h7-16,26H,17-18H2,1-6H3. The van der Waals surface area contributed by atoms with Crippen LogP contribution in [0.3, 0.4) is 0 Å². The fourth-order valence-electron chi connectivity index (χ4n) is 2.71. The molecule has 2 rings (SSSR count). The predicted molar refractivity (Wildman–Crippen MR) is 123 cm³/mol. The first-order valence-electron chi connectivity index (χ1n) is 9.83. The van der Waals surface area contributed by atoms with Gasteiger partial charge in [-0.05, 0) is 33.1 Å². The number of rotatable bonds is 6. The van der Waals surface area contributed by atoms with Gasteiger partial charge >= 0.3 is 0 Å². The quantitative estimate of drug-likeness (QED) is 0.617. The number of hydrogen-bond acceptors (Lipinski definition) is 3. The Morgan fingerprint density at radius 2 is 1.00 bits per heavy atom. The summed E-state index contributed by atoms with van der Waals surface area (Å²) in [6.45, 7) is 14.0. The van der Waals surface area contributed by atoms with E-state index in [0.29, 0.717) is 18.8 Å². The molecule has 0 heterocycles. The van der Waals surface area contributed by atoms with Crippen LogP contribution < -0.4 is 0 Å². The van der Waals surface area contributed by atoms with E-state index >= 15 is 0 Å². The Morgan fingerprint density at radius 3 is 1.29 bits per heavy atom. The van der Waals surface area contributed by atoms with Crippen molar-refractivity contribution in [2.24, 2.45) is 9.98 Å². The van der Waals surface area contributed by atoms with E-state index in [9.17, 15) is 0 Å². The summed E-state index contributed by atoms with van der Waals surface area (Å²) in [7, 11) is 0. The molecule has 148 valence electrons. The molecule has 3 nitrogen and oxygen atoms in total. The van der Waals surface area contributed by atoms with Crippen LogP contribution in [0.2, 0.25) is 0 Å². The second kappa shape index (κ2) is 9.09. The molecule has 0 spiro atoms. The third-order valence-electron chi connectivity index (χ3n) is 4.60. The number of nitrogens with one attached hydrogen (secondary N) is 1. The second-order valence-corrected chi connectivity index (χ2v) is 9.29. The van der Waals surface area contributed by atoms with Crippen LogP contribution in [-0.4, -0.2) is 31.2 Å². The Balaban J connectivity index is 1.82. The first kappa shape index (κ1) is 21.7. The van der Waals surface area contributed by atoms with Gasteiger partial charge in [0.2, 0.25) is 0 Å². The van der Waals surface area contributed by atoms with Crippen molar-refractivity contribution < 1.29 is 0 Å². The largest absolute Gasteiger partial charge is 0.306 e. The SMILES string of the molecule is CC(C)(C)c1ccc(C=NCC(=N)CN=Cc2ccc(C(C)(C)C)cc2)cc1. The molecule has 0 unspecified atom stereocenters. The molecule has 0 fully saturated rings. The van der Waals surface area contributed by atoms with Gasteiger partial charge in [-0.25, -0.2) is 0 Å². The van der Waals surface area contributed by atoms with Gasteiger partial charge in [0.15, 0.2) is 0 Å². The van der Waals surface area contributed by atoms with Crippen molar-refractivity contribution in [1.29, 1.82) is 5.41 Å². The van der Waals surface area contributed by atoms with Gasteiger partial charge < -0.3 is 5.41 Å². The topological polar surface area (TPSA) is 48.6 Å². The van der Waals surface area contributed by atoms with Crippen LogP contribution in [-0.2, 0) is 10.8 Å². The van der Waals surface area contributed by atoms with E-state index in [0.717, 1.165) is 11.1 Å². The van der Waals surface area contributed by atoms with E-state index in [2.05, 4.69) is 100 Å². The average molecular weight is 376 g/mol. The Hall–Kier alpha value is -2.55. The minimum atomic E-state index is 0.156. The second-order valence-electron chi connectivity index (χ2n) is 9.29. The molecule has 28 heavy (non-hydrogen) atoms. The minimum Gasteiger partial charge on any atom is -0.306 e. The van der Waals surface area contributed by atoms with Crippen LogP contribution >= 0.6 is 0 Å². The van der Waals surface area contributed by atoms with Crippen molar-refractivity contribution >= 4 is 18.1 Å². The van der Waals surface area contributed by atoms with Crippen molar-refractivity contribution in [3.63, 3.8) is 0 Å². The molecule has 0 aromatic heterocycles. The van der Waals surface area contributed by atoms with E-state index < -0.39 is 0 Å². The molecule has 0 saturated heterocycles. The first-order valence-corrected chi connectivity index (χ1v) is 9.83. The zero-order chi connectivity index (χ0) is 20.8. The molecule has 1 N–H and O–H groups in total. The van der Waals surface area contributed by atoms with Gasteiger partial charge in [0.05, 0.1) is 18.8 Å². The number of aliphatic imine (C=N–C) groups is 2. The Kier molecular flexibility index (Phi) is 7.06. The van der Waals surface area contributed by atoms with Gasteiger partial charge in [-0.2, -0.15) is 0 Å². The Bertz CT molecular complexity index is 756. The normalized spacial score (nSPS) is 12.8. The minimum absolute atomic E-state index is 0.156. The van der Waals surface area contributed by atoms with Gasteiger partial charge in [0.25, 0.3) is 0 Å². The van der Waals surface area contributed by atoms with Gasteiger partial charge in [0, 0.05) is 12.4 Å². The highest BCUT2D eigenvalue weighted by Gasteiger charge is 2.13. The van der Waals surface area contributed by atoms with Crippen molar-refractivity contribution in [2.75, 3.05) is 13.1 Å². The fourth-order valence-corrected chi connectivity index (χ4v) is 2.71. The van der Waals surface area contributed by atoms with Gasteiger partial charge in [-0.1, -0.05) is 90.1 Å². The summed E-state index contributed by atoms with van der Waals surface area (Å²) in [5.74, 6) is 0. The van der Waals surface area contributed by atoms with Crippen molar-refractivity contribution in [2.45, 2.75) is 52.4 Å². The molecule has 3 heteroatoms. The molecule has 2 aromatic carbocycles. The average Bonchev–Trinajstić information content (AvgIpc) is 2.61. The highest BCUT2D eigenvalue weighted by molar-refractivity contribution is 5.90. The third-order valence-corrected chi connectivity index (χ3v) is 4.60. The molecule has 0 aliphatic heterocycles. The smallest absolute Gasteiger partial charge is 0.0784 e. The van der Waals surface area contributed by atoms with Crippen LogP contribution in [0.1, 0.15) is 63.8 Å². The summed E-state index contributed by atoms with van der Waals surface area (Å²) in [5, 5.41) is 8.02. The van der Waals surface area contributed by atoms with Crippen LogP contribution in [0.4, 0.5) is 0 Å². The number of nitrogens with zero attached hydrogens (tertiary/aromatic N) is 2. The summed E-state index contributed by atoms with van der Waals surface area (Å²) in [5.41, 5.74) is 5.55. The van der Waals surface area contributed by atoms with E-state index in [1.54, 1.807) is 0 Å². The number of benzene rings is 2. The van der Waals surface area contributed by atoms with Crippen molar-refractivity contribution in [1.82, 2.24) is 0 Å². The van der Waals surface area contributed by atoms with Crippen LogP contribution in [0.25, 0.3) is 0 Å². The third kappa shape index (κ3) is 6.88. The highest BCUT2D eigenvalue weighted by Crippen LogP contribution is 2.22. The molecule has 0 aliphatic rings. The Morgan fingerprint density at radius 1 is 0.679 bits per heavy atom. The summed E-state index contributed by atoms with van der Waals surface area (Å²) < 4.78 is 0. The monoisotopic (exact) mass is 375 g/mol. The van der Waals surface area contributed by atoms with Crippen molar-refractivity contribution in [3.05, 3.63) is 70.8 Å². The van der Waals surface area contributed by atoms with E-state index in [1.807, 2.05) is 12.4 Å². The first-order chi connectivity index (χ1) is 13.1. The summed E-state index contributed by atoms with van der Waals surface area (Å²) >= 11 is 0. The molecule has 0 bridgehead atoms. The van der Waals surface area contributed by atoms with E-state index in [-0.39, 0.29) is 10.8 Å². The predicted octanol–water partition coefficient (Wildman–Crippen LogP) is 5.84. The highest BCUT2D eigenvalue weighted by atomic mass is 14.8. The lowest BCUT2D eigenvalue weighted by molar-refractivity contribution is 0.590. The van der Waals surface area contributed by atoms with E-state index in [4.69, 9.17) is 5.41 Å². The maximum Gasteiger partial charge on any atom is 0.0784 e. The summed E-state index contributed by atoms with van der Waals surface area (Å²) in [6.07, 6.45) is 3.66. The van der Waals surface area contributed by atoms with E-state index in [1.165, 1.54) is 11.1 Å². The molecular formula is C25H33N3. The molecule has 0 atom stereocenters. The molecule has 2 aromatic rings. The maximum atomic E-state index is 8.02. The van der Waals surface area contributed by atoms with Crippen LogP contribution in [0.15, 0.2) is 58.5 Å². The molecular weight excluding hydrogens is 342 g/mol. The summed E-state index contributed by atoms with van der Waals surface area (Å²) in [4.78, 5) is 8.75. The Labute approximate surface area is 170 Å². The lowest BCUT2D eigenvalue weighted by Gasteiger charge is -2.18. The fraction of sp³-hybridized carbons (Fsp3) is 0.400. The molecule has 0 amide bonds. The van der Waals surface area contributed by atoms with Crippen LogP contribution in [0.5, 0.6) is 0 Å². The van der Waals surface area contributed by atoms with Gasteiger partial charge in [-0.3, -0.25) is 9.98 Å². The van der Waals surface area contributed by atoms with Crippen molar-refractivity contribution in [3.8, 4) is 0 Å². The maximum absolute atomic E-state index is 8.02. The zero-order valence-electron chi connectivity index (χ0n) is 18.1. The van der Waals surface area contributed by atoms with Crippen LogP contribution in [0, 0.1) is 5.41 Å². The zero-order valence-corrected chi connectivity index (χ0v) is 18.1.